The number of hydrogen-bond donors (Lipinski definition) is 1. The average molecular weight is 296 g/mol. The fourth-order valence-corrected chi connectivity index (χ4v) is 2.23. The minimum atomic E-state index is -0.115. The number of carbonyl (C=O) groups is 1. The Morgan fingerprint density at radius 3 is 2.77 bits per heavy atom. The van der Waals surface area contributed by atoms with Gasteiger partial charge in [-0.25, -0.2) is 4.98 Å². The molecule has 7 nitrogen and oxygen atoms in total. The molecule has 0 atom stereocenters. The summed E-state index contributed by atoms with van der Waals surface area (Å²) < 4.78 is 1.65. The Morgan fingerprint density at radius 1 is 1.32 bits per heavy atom. The number of nitrogens with one attached hydrogen (secondary N) is 1. The van der Waals surface area contributed by atoms with Crippen molar-refractivity contribution in [2.24, 2.45) is 7.05 Å². The van der Waals surface area contributed by atoms with Crippen molar-refractivity contribution >= 4 is 5.91 Å². The predicted molar refractivity (Wildman–Crippen MR) is 80.8 cm³/mol. The van der Waals surface area contributed by atoms with Gasteiger partial charge in [0.1, 0.15) is 12.2 Å². The van der Waals surface area contributed by atoms with Crippen LogP contribution in [0.2, 0.25) is 0 Å². The second-order valence-corrected chi connectivity index (χ2v) is 4.99. The number of benzene rings is 1. The van der Waals surface area contributed by atoms with Gasteiger partial charge in [0.2, 0.25) is 0 Å². The molecule has 0 bridgehead atoms. The molecule has 0 unspecified atom stereocenters. The first-order chi connectivity index (χ1) is 10.7. The van der Waals surface area contributed by atoms with E-state index in [-0.39, 0.29) is 5.91 Å². The molecule has 1 N–H and O–H groups in total. The number of nitrogens with zero attached hydrogens (tertiary/aromatic N) is 5. The highest BCUT2D eigenvalue weighted by molar-refractivity contribution is 5.99. The van der Waals surface area contributed by atoms with Crippen molar-refractivity contribution in [1.29, 1.82) is 0 Å². The number of hydrogen-bond acceptors (Lipinski definition) is 4. The monoisotopic (exact) mass is 296 g/mol. The molecule has 0 fully saturated rings. The van der Waals surface area contributed by atoms with E-state index in [1.54, 1.807) is 29.9 Å². The van der Waals surface area contributed by atoms with E-state index >= 15 is 0 Å². The minimum absolute atomic E-state index is 0.115. The lowest BCUT2D eigenvalue weighted by molar-refractivity contribution is 0.0781. The molecule has 0 aliphatic rings. The van der Waals surface area contributed by atoms with Crippen LogP contribution in [-0.2, 0) is 13.6 Å². The molecule has 2 aromatic heterocycles. The fraction of sp³-hybridized carbons (Fsp3) is 0.200. The number of amides is 1. The molecule has 1 amide bonds. The molecule has 0 saturated carbocycles. The first-order valence-electron chi connectivity index (χ1n) is 6.84. The van der Waals surface area contributed by atoms with Crippen LogP contribution in [0.5, 0.6) is 0 Å². The van der Waals surface area contributed by atoms with Crippen molar-refractivity contribution in [1.82, 2.24) is 29.9 Å². The summed E-state index contributed by atoms with van der Waals surface area (Å²) in [4.78, 5) is 18.4. The van der Waals surface area contributed by atoms with E-state index in [0.717, 1.165) is 17.1 Å². The van der Waals surface area contributed by atoms with E-state index < -0.39 is 0 Å². The number of aromatic amines is 1. The normalized spacial score (nSPS) is 10.6. The summed E-state index contributed by atoms with van der Waals surface area (Å²) in [6.07, 6.45) is 3.03. The molecule has 22 heavy (non-hydrogen) atoms. The summed E-state index contributed by atoms with van der Waals surface area (Å²) in [5.41, 5.74) is 2.18. The van der Waals surface area contributed by atoms with Crippen molar-refractivity contribution < 1.29 is 4.79 Å². The van der Waals surface area contributed by atoms with Gasteiger partial charge in [0.25, 0.3) is 5.91 Å². The molecule has 1 aromatic carbocycles. The predicted octanol–water partition coefficient (Wildman–Crippen LogP) is 1.48. The van der Waals surface area contributed by atoms with Crippen molar-refractivity contribution in [3.63, 3.8) is 0 Å². The van der Waals surface area contributed by atoms with E-state index in [9.17, 15) is 4.79 Å². The van der Waals surface area contributed by atoms with Gasteiger partial charge in [-0.15, -0.1) is 0 Å². The highest BCUT2D eigenvalue weighted by Crippen LogP contribution is 2.21. The fourth-order valence-electron chi connectivity index (χ4n) is 2.23. The van der Waals surface area contributed by atoms with Gasteiger partial charge in [-0.05, 0) is 0 Å². The number of carbonyl (C=O) groups excluding carboxylic acids is 1. The number of rotatable bonds is 4. The van der Waals surface area contributed by atoms with E-state index in [1.807, 2.05) is 30.3 Å². The van der Waals surface area contributed by atoms with Crippen molar-refractivity contribution in [3.8, 4) is 11.3 Å². The number of aryl methyl sites for hydroxylation is 1. The van der Waals surface area contributed by atoms with Gasteiger partial charge in [-0.2, -0.15) is 10.2 Å². The summed E-state index contributed by atoms with van der Waals surface area (Å²) in [6, 6.07) is 9.66. The zero-order valence-corrected chi connectivity index (χ0v) is 12.4. The third-order valence-corrected chi connectivity index (χ3v) is 3.46. The van der Waals surface area contributed by atoms with Crippen molar-refractivity contribution in [2.45, 2.75) is 6.54 Å². The molecule has 0 aliphatic heterocycles. The molecular weight excluding hydrogens is 280 g/mol. The lowest BCUT2D eigenvalue weighted by Gasteiger charge is -2.16. The average Bonchev–Trinajstić information content (AvgIpc) is 3.17. The largest absolute Gasteiger partial charge is 0.334 e. The maximum Gasteiger partial charge on any atom is 0.257 e. The molecule has 0 aliphatic carbocycles. The van der Waals surface area contributed by atoms with E-state index in [0.29, 0.717) is 12.1 Å². The van der Waals surface area contributed by atoms with Crippen molar-refractivity contribution in [2.75, 3.05) is 7.05 Å². The standard InChI is InChI=1S/C15H16N6O/c1-20(9-13-16-10-18-21(13)2)15(22)12-8-17-19-14(12)11-6-4-3-5-7-11/h3-8,10H,9H2,1-2H3,(H,17,19). The van der Waals surface area contributed by atoms with Gasteiger partial charge in [0.05, 0.1) is 24.0 Å². The third-order valence-electron chi connectivity index (χ3n) is 3.46. The van der Waals surface area contributed by atoms with Crippen LogP contribution in [-0.4, -0.2) is 42.8 Å². The Balaban J connectivity index is 1.84. The Bertz CT molecular complexity index is 776. The minimum Gasteiger partial charge on any atom is -0.334 e. The van der Waals surface area contributed by atoms with Crippen LogP contribution in [0.3, 0.4) is 0 Å². The maximum atomic E-state index is 12.6. The highest BCUT2D eigenvalue weighted by Gasteiger charge is 2.20. The summed E-state index contributed by atoms with van der Waals surface area (Å²) in [6.45, 7) is 0.384. The second-order valence-electron chi connectivity index (χ2n) is 4.99. The van der Waals surface area contributed by atoms with E-state index in [1.165, 1.54) is 6.33 Å². The van der Waals surface area contributed by atoms with Gasteiger partial charge in [-0.3, -0.25) is 14.6 Å². The van der Waals surface area contributed by atoms with Crippen molar-refractivity contribution in [3.05, 3.63) is 54.2 Å². The summed E-state index contributed by atoms with van der Waals surface area (Å²) >= 11 is 0. The van der Waals surface area contributed by atoms with Crippen LogP contribution < -0.4 is 0 Å². The van der Waals surface area contributed by atoms with Crippen LogP contribution in [0.4, 0.5) is 0 Å². The van der Waals surface area contributed by atoms with Crippen LogP contribution in [0.25, 0.3) is 11.3 Å². The van der Waals surface area contributed by atoms with Crippen LogP contribution in [0.1, 0.15) is 16.2 Å². The van der Waals surface area contributed by atoms with Crippen LogP contribution in [0, 0.1) is 0 Å². The first kappa shape index (κ1) is 14.0. The molecular formula is C15H16N6O. The quantitative estimate of drug-likeness (QED) is 0.791. The summed E-state index contributed by atoms with van der Waals surface area (Å²) in [5, 5.41) is 10.9. The SMILES string of the molecule is CN(Cc1ncnn1C)C(=O)c1cn[nH]c1-c1ccccc1. The molecule has 2 heterocycles. The Hall–Kier alpha value is -2.96. The van der Waals surface area contributed by atoms with Gasteiger partial charge in [0, 0.05) is 19.7 Å². The molecule has 7 heteroatoms. The molecule has 3 aromatic rings. The smallest absolute Gasteiger partial charge is 0.257 e. The third kappa shape index (κ3) is 2.60. The van der Waals surface area contributed by atoms with Gasteiger partial charge < -0.3 is 4.90 Å². The Labute approximate surface area is 127 Å². The van der Waals surface area contributed by atoms with Gasteiger partial charge >= 0.3 is 0 Å². The Kier molecular flexibility index (Phi) is 3.69. The summed E-state index contributed by atoms with van der Waals surface area (Å²) in [5.74, 6) is 0.608. The maximum absolute atomic E-state index is 12.6. The Morgan fingerprint density at radius 2 is 2.09 bits per heavy atom. The highest BCUT2D eigenvalue weighted by atomic mass is 16.2. The zero-order chi connectivity index (χ0) is 15.5. The molecule has 0 spiro atoms. The summed E-state index contributed by atoms with van der Waals surface area (Å²) in [7, 11) is 3.53. The van der Waals surface area contributed by atoms with Crippen LogP contribution >= 0.6 is 0 Å². The molecule has 112 valence electrons. The van der Waals surface area contributed by atoms with Gasteiger partial charge in [-0.1, -0.05) is 30.3 Å². The molecule has 0 saturated heterocycles. The lowest BCUT2D eigenvalue weighted by Crippen LogP contribution is -2.27. The van der Waals surface area contributed by atoms with Crippen LogP contribution in [0.15, 0.2) is 42.9 Å². The first-order valence-corrected chi connectivity index (χ1v) is 6.84. The molecule has 3 rings (SSSR count). The second kappa shape index (κ2) is 5.80. The number of aromatic nitrogens is 5. The molecule has 0 radical (unpaired) electrons. The topological polar surface area (TPSA) is 79.7 Å². The van der Waals surface area contributed by atoms with E-state index in [2.05, 4.69) is 20.3 Å². The lowest BCUT2D eigenvalue weighted by atomic mass is 10.1. The van der Waals surface area contributed by atoms with E-state index in [4.69, 9.17) is 0 Å². The zero-order valence-electron chi connectivity index (χ0n) is 12.4. The van der Waals surface area contributed by atoms with Gasteiger partial charge in [0.15, 0.2) is 0 Å². The number of H-pyrrole nitrogens is 1.